The largest absolute Gasteiger partial charge is 0.497 e. The van der Waals surface area contributed by atoms with Gasteiger partial charge in [0, 0.05) is 24.2 Å². The summed E-state index contributed by atoms with van der Waals surface area (Å²) in [6.07, 6.45) is 0.739. The van der Waals surface area contributed by atoms with Gasteiger partial charge in [-0.15, -0.1) is 0 Å². The minimum atomic E-state index is -0.178. The van der Waals surface area contributed by atoms with Gasteiger partial charge < -0.3 is 10.1 Å². The molecule has 4 nitrogen and oxygen atoms in total. The van der Waals surface area contributed by atoms with Gasteiger partial charge in [-0.3, -0.25) is 9.59 Å². The number of rotatable bonds is 3. The van der Waals surface area contributed by atoms with Crippen LogP contribution >= 0.6 is 0 Å². The Hall–Kier alpha value is -1.84. The number of hydrogen-bond donors (Lipinski definition) is 1. The summed E-state index contributed by atoms with van der Waals surface area (Å²) in [4.78, 5) is 21.7. The number of hydrogen-bond acceptors (Lipinski definition) is 3. The normalized spacial score (nSPS) is 9.53. The zero-order chi connectivity index (χ0) is 11.4. The quantitative estimate of drug-likeness (QED) is 0.768. The molecule has 0 aliphatic heterocycles. The summed E-state index contributed by atoms with van der Waals surface area (Å²) in [5.41, 5.74) is 1.85. The average molecular weight is 207 g/mol. The third-order valence-electron chi connectivity index (χ3n) is 2.09. The monoisotopic (exact) mass is 207 g/mol. The highest BCUT2D eigenvalue weighted by Gasteiger charge is 2.08. The predicted molar refractivity (Wildman–Crippen MR) is 57.4 cm³/mol. The molecule has 15 heavy (non-hydrogen) atoms. The van der Waals surface area contributed by atoms with Gasteiger partial charge in [-0.2, -0.15) is 0 Å². The molecule has 0 aliphatic rings. The Morgan fingerprint density at radius 2 is 2.13 bits per heavy atom. The number of carbonyl (C=O) groups is 2. The fraction of sp³-hybridized carbons (Fsp3) is 0.273. The summed E-state index contributed by atoms with van der Waals surface area (Å²) in [7, 11) is 1.51. The first-order chi connectivity index (χ1) is 7.08. The fourth-order valence-electron chi connectivity index (χ4n) is 1.27. The highest BCUT2D eigenvalue weighted by molar-refractivity contribution is 5.92. The van der Waals surface area contributed by atoms with Crippen molar-refractivity contribution in [3.63, 3.8) is 0 Å². The lowest BCUT2D eigenvalue weighted by molar-refractivity contribution is -0.114. The second-order valence-electron chi connectivity index (χ2n) is 3.19. The Bertz CT molecular complexity index is 399. The summed E-state index contributed by atoms with van der Waals surface area (Å²) in [6.45, 7) is 3.19. The van der Waals surface area contributed by atoms with Gasteiger partial charge in [0.05, 0.1) is 7.11 Å². The molecule has 0 unspecified atom stereocenters. The van der Waals surface area contributed by atoms with Crippen LogP contribution in [0.5, 0.6) is 5.75 Å². The molecule has 0 atom stereocenters. The van der Waals surface area contributed by atoms with Crippen molar-refractivity contribution in [2.45, 2.75) is 13.8 Å². The van der Waals surface area contributed by atoms with E-state index in [1.807, 2.05) is 0 Å². The van der Waals surface area contributed by atoms with Crippen LogP contribution in [0.4, 0.5) is 5.69 Å². The van der Waals surface area contributed by atoms with Crippen LogP contribution in [-0.2, 0) is 4.79 Å². The predicted octanol–water partition coefficient (Wildman–Crippen LogP) is 1.77. The van der Waals surface area contributed by atoms with E-state index in [1.165, 1.54) is 14.0 Å². The molecular formula is C11H13NO3. The lowest BCUT2D eigenvalue weighted by atomic mass is 10.1. The molecule has 0 fully saturated rings. The summed E-state index contributed by atoms with van der Waals surface area (Å²) in [6, 6.07) is 3.32. The molecule has 0 saturated carbocycles. The lowest BCUT2D eigenvalue weighted by Gasteiger charge is -2.10. The second-order valence-corrected chi connectivity index (χ2v) is 3.19. The van der Waals surface area contributed by atoms with Crippen LogP contribution in [0.1, 0.15) is 22.8 Å². The van der Waals surface area contributed by atoms with E-state index in [9.17, 15) is 9.59 Å². The highest BCUT2D eigenvalue weighted by Crippen LogP contribution is 2.25. The number of benzene rings is 1. The molecule has 1 aromatic rings. The van der Waals surface area contributed by atoms with Gasteiger partial charge in [-0.1, -0.05) is 0 Å². The minimum absolute atomic E-state index is 0.178. The summed E-state index contributed by atoms with van der Waals surface area (Å²) in [5, 5.41) is 2.64. The van der Waals surface area contributed by atoms with Crippen LogP contribution in [0.2, 0.25) is 0 Å². The van der Waals surface area contributed by atoms with E-state index in [1.54, 1.807) is 19.1 Å². The number of anilines is 1. The van der Waals surface area contributed by atoms with Gasteiger partial charge in [0.1, 0.15) is 5.75 Å². The number of nitrogens with one attached hydrogen (secondary N) is 1. The second kappa shape index (κ2) is 4.59. The third kappa shape index (κ3) is 2.56. The van der Waals surface area contributed by atoms with Crippen molar-refractivity contribution in [1.82, 2.24) is 0 Å². The molecule has 80 valence electrons. The maximum absolute atomic E-state index is 10.9. The number of carbonyl (C=O) groups excluding carboxylic acids is 2. The highest BCUT2D eigenvalue weighted by atomic mass is 16.5. The van der Waals surface area contributed by atoms with Gasteiger partial charge in [-0.05, 0) is 18.6 Å². The Morgan fingerprint density at radius 3 is 2.60 bits per heavy atom. The van der Waals surface area contributed by atoms with E-state index < -0.39 is 0 Å². The summed E-state index contributed by atoms with van der Waals surface area (Å²) in [5.74, 6) is 0.370. The smallest absolute Gasteiger partial charge is 0.221 e. The number of ether oxygens (including phenoxy) is 1. The summed E-state index contributed by atoms with van der Waals surface area (Å²) >= 11 is 0. The standard InChI is InChI=1S/C11H13NO3/c1-7-9(6-13)4-10(15-3)5-11(7)12-8(2)14/h4-6H,1-3H3,(H,12,14). The zero-order valence-electron chi connectivity index (χ0n) is 8.96. The molecule has 0 bridgehead atoms. The molecule has 0 heterocycles. The molecule has 0 radical (unpaired) electrons. The van der Waals surface area contributed by atoms with Crippen LogP contribution in [-0.4, -0.2) is 19.3 Å². The summed E-state index contributed by atoms with van der Waals surface area (Å²) < 4.78 is 5.02. The van der Waals surface area contributed by atoms with Gasteiger partial charge in [0.25, 0.3) is 0 Å². The van der Waals surface area contributed by atoms with Crippen LogP contribution in [0.15, 0.2) is 12.1 Å². The van der Waals surface area contributed by atoms with Gasteiger partial charge in [-0.25, -0.2) is 0 Å². The van der Waals surface area contributed by atoms with Gasteiger partial charge in [0.2, 0.25) is 5.91 Å². The van der Waals surface area contributed by atoms with E-state index in [-0.39, 0.29) is 5.91 Å². The molecule has 1 amide bonds. The fourth-order valence-corrected chi connectivity index (χ4v) is 1.27. The molecular weight excluding hydrogens is 194 g/mol. The Kier molecular flexibility index (Phi) is 3.44. The SMILES string of the molecule is COc1cc(C=O)c(C)c(NC(C)=O)c1. The van der Waals surface area contributed by atoms with E-state index in [4.69, 9.17) is 4.74 Å². The number of methoxy groups -OCH3 is 1. The Labute approximate surface area is 88.2 Å². The third-order valence-corrected chi connectivity index (χ3v) is 2.09. The van der Waals surface area contributed by atoms with Crippen molar-refractivity contribution in [1.29, 1.82) is 0 Å². The van der Waals surface area contributed by atoms with Crippen LogP contribution in [0, 0.1) is 6.92 Å². The van der Waals surface area contributed by atoms with Crippen molar-refractivity contribution >= 4 is 17.9 Å². The molecule has 0 aliphatic carbocycles. The molecule has 1 N–H and O–H groups in total. The molecule has 1 aromatic carbocycles. The maximum Gasteiger partial charge on any atom is 0.221 e. The zero-order valence-corrected chi connectivity index (χ0v) is 8.96. The van der Waals surface area contributed by atoms with E-state index in [2.05, 4.69) is 5.32 Å². The van der Waals surface area contributed by atoms with Crippen molar-refractivity contribution in [2.75, 3.05) is 12.4 Å². The van der Waals surface area contributed by atoms with Crippen molar-refractivity contribution in [3.8, 4) is 5.75 Å². The molecule has 0 aromatic heterocycles. The maximum atomic E-state index is 10.9. The van der Waals surface area contributed by atoms with Crippen molar-refractivity contribution < 1.29 is 14.3 Å². The first-order valence-corrected chi connectivity index (χ1v) is 4.50. The molecule has 0 saturated heterocycles. The lowest BCUT2D eigenvalue weighted by Crippen LogP contribution is -2.08. The number of aldehydes is 1. The van der Waals surface area contributed by atoms with E-state index >= 15 is 0 Å². The topological polar surface area (TPSA) is 55.4 Å². The Balaban J connectivity index is 3.23. The molecule has 0 spiro atoms. The van der Waals surface area contributed by atoms with Gasteiger partial charge in [0.15, 0.2) is 6.29 Å². The first kappa shape index (κ1) is 11.2. The Morgan fingerprint density at radius 1 is 1.47 bits per heavy atom. The molecule has 4 heteroatoms. The van der Waals surface area contributed by atoms with Crippen molar-refractivity contribution in [3.05, 3.63) is 23.3 Å². The minimum Gasteiger partial charge on any atom is -0.497 e. The van der Waals surface area contributed by atoms with Crippen LogP contribution in [0.25, 0.3) is 0 Å². The average Bonchev–Trinajstić information content (AvgIpc) is 2.20. The first-order valence-electron chi connectivity index (χ1n) is 4.50. The van der Waals surface area contributed by atoms with E-state index in [0.717, 1.165) is 11.8 Å². The molecule has 1 rings (SSSR count). The number of amides is 1. The van der Waals surface area contributed by atoms with Crippen LogP contribution < -0.4 is 10.1 Å². The van der Waals surface area contributed by atoms with Crippen LogP contribution in [0.3, 0.4) is 0 Å². The van der Waals surface area contributed by atoms with Gasteiger partial charge >= 0.3 is 0 Å². The van der Waals surface area contributed by atoms with E-state index in [0.29, 0.717) is 17.0 Å². The van der Waals surface area contributed by atoms with Crippen molar-refractivity contribution in [2.24, 2.45) is 0 Å².